The Morgan fingerprint density at radius 2 is 1.85 bits per heavy atom. The van der Waals surface area contributed by atoms with Crippen LogP contribution in [0.25, 0.3) is 0 Å². The number of likely N-dealkylation sites (tertiary alicyclic amines) is 2. The van der Waals surface area contributed by atoms with E-state index in [9.17, 15) is 9.59 Å². The standard InChI is InChI=1S/C27H36N4O2/c32-26-17-24(28-25-11-5-2-6-14-31(25)26)23-12-15-30(19-23)27(33)20-29-13-7-10-22(18-29)16-21-8-3-1-4-9-21/h1,3-4,8-9,17,22-23H,2,5-7,10-16,18-20H2/t22-,23-/m0/s1. The average molecular weight is 449 g/mol. The summed E-state index contributed by atoms with van der Waals surface area (Å²) >= 11 is 0. The van der Waals surface area contributed by atoms with Crippen molar-refractivity contribution in [3.63, 3.8) is 0 Å². The molecule has 0 bridgehead atoms. The minimum absolute atomic E-state index is 0.0828. The number of amides is 1. The molecule has 0 aliphatic carbocycles. The molecule has 6 nitrogen and oxygen atoms in total. The molecule has 176 valence electrons. The van der Waals surface area contributed by atoms with E-state index in [1.807, 2.05) is 9.47 Å². The summed E-state index contributed by atoms with van der Waals surface area (Å²) in [5.41, 5.74) is 2.37. The first kappa shape index (κ1) is 22.3. The summed E-state index contributed by atoms with van der Waals surface area (Å²) in [6, 6.07) is 12.4. The van der Waals surface area contributed by atoms with Gasteiger partial charge in [-0.2, -0.15) is 0 Å². The van der Waals surface area contributed by atoms with Gasteiger partial charge in [0.2, 0.25) is 5.91 Å². The first-order valence-electron chi connectivity index (χ1n) is 12.8. The summed E-state index contributed by atoms with van der Waals surface area (Å²) in [5.74, 6) is 1.97. The highest BCUT2D eigenvalue weighted by atomic mass is 16.2. The van der Waals surface area contributed by atoms with Gasteiger partial charge in [-0.3, -0.25) is 19.1 Å². The van der Waals surface area contributed by atoms with Crippen molar-refractivity contribution in [2.24, 2.45) is 5.92 Å². The number of piperidine rings is 1. The van der Waals surface area contributed by atoms with Gasteiger partial charge in [0, 0.05) is 44.6 Å². The van der Waals surface area contributed by atoms with Crippen molar-refractivity contribution in [1.82, 2.24) is 19.4 Å². The van der Waals surface area contributed by atoms with Crippen molar-refractivity contribution in [2.45, 2.75) is 63.8 Å². The van der Waals surface area contributed by atoms with E-state index in [1.165, 1.54) is 12.0 Å². The van der Waals surface area contributed by atoms with Crippen LogP contribution < -0.4 is 5.56 Å². The van der Waals surface area contributed by atoms with Gasteiger partial charge in [-0.25, -0.2) is 4.98 Å². The summed E-state index contributed by atoms with van der Waals surface area (Å²) in [6.07, 6.45) is 8.61. The highest BCUT2D eigenvalue weighted by Gasteiger charge is 2.31. The lowest BCUT2D eigenvalue weighted by Gasteiger charge is -2.33. The molecule has 3 aliphatic heterocycles. The van der Waals surface area contributed by atoms with Crippen LogP contribution in [0.1, 0.15) is 61.5 Å². The molecule has 1 aromatic carbocycles. The molecule has 0 unspecified atom stereocenters. The molecule has 1 amide bonds. The quantitative estimate of drug-likeness (QED) is 0.705. The smallest absolute Gasteiger partial charge is 0.253 e. The van der Waals surface area contributed by atoms with Crippen molar-refractivity contribution in [3.05, 3.63) is 63.8 Å². The van der Waals surface area contributed by atoms with Gasteiger partial charge in [-0.05, 0) is 56.6 Å². The third-order valence-corrected chi connectivity index (χ3v) is 7.68. The maximum absolute atomic E-state index is 13.1. The predicted molar refractivity (Wildman–Crippen MR) is 129 cm³/mol. The Bertz CT molecular complexity index is 1020. The Kier molecular flexibility index (Phi) is 6.91. The fraction of sp³-hybridized carbons (Fsp3) is 0.593. The number of carbonyl (C=O) groups excluding carboxylic acids is 1. The third-order valence-electron chi connectivity index (χ3n) is 7.68. The lowest BCUT2D eigenvalue weighted by Crippen LogP contribution is -2.44. The van der Waals surface area contributed by atoms with Crippen molar-refractivity contribution < 1.29 is 4.79 Å². The van der Waals surface area contributed by atoms with Crippen molar-refractivity contribution in [2.75, 3.05) is 32.7 Å². The Morgan fingerprint density at radius 1 is 0.970 bits per heavy atom. The van der Waals surface area contributed by atoms with Crippen molar-refractivity contribution in [3.8, 4) is 0 Å². The zero-order chi connectivity index (χ0) is 22.6. The predicted octanol–water partition coefficient (Wildman–Crippen LogP) is 3.24. The summed E-state index contributed by atoms with van der Waals surface area (Å²) < 4.78 is 1.86. The van der Waals surface area contributed by atoms with Crippen LogP contribution in [0, 0.1) is 5.92 Å². The monoisotopic (exact) mass is 448 g/mol. The summed E-state index contributed by atoms with van der Waals surface area (Å²) in [6.45, 7) is 4.77. The van der Waals surface area contributed by atoms with Gasteiger partial charge >= 0.3 is 0 Å². The molecule has 0 saturated carbocycles. The molecule has 2 saturated heterocycles. The minimum Gasteiger partial charge on any atom is -0.341 e. The Hall–Kier alpha value is -2.47. The first-order chi connectivity index (χ1) is 16.2. The lowest BCUT2D eigenvalue weighted by molar-refractivity contribution is -0.131. The van der Waals surface area contributed by atoms with Gasteiger partial charge in [0.15, 0.2) is 0 Å². The van der Waals surface area contributed by atoms with E-state index in [1.54, 1.807) is 6.07 Å². The largest absolute Gasteiger partial charge is 0.341 e. The average Bonchev–Trinajstić information content (AvgIpc) is 3.19. The SMILES string of the molecule is O=C(CN1CCC[C@@H](Cc2ccccc2)C1)N1CC[C@H](c2cc(=O)n3c(n2)CCCCC3)C1. The molecule has 33 heavy (non-hydrogen) atoms. The number of hydrogen-bond donors (Lipinski definition) is 0. The van der Waals surface area contributed by atoms with E-state index in [2.05, 4.69) is 35.2 Å². The van der Waals surface area contributed by atoms with Gasteiger partial charge < -0.3 is 4.90 Å². The molecule has 2 atom stereocenters. The molecule has 5 rings (SSSR count). The fourth-order valence-corrected chi connectivity index (χ4v) is 5.87. The normalized spacial score (nSPS) is 23.8. The Morgan fingerprint density at radius 3 is 2.73 bits per heavy atom. The van der Waals surface area contributed by atoms with E-state index < -0.39 is 0 Å². The number of carbonyl (C=O) groups is 1. The molecule has 4 heterocycles. The summed E-state index contributed by atoms with van der Waals surface area (Å²) in [4.78, 5) is 35.0. The van der Waals surface area contributed by atoms with Crippen LogP contribution >= 0.6 is 0 Å². The number of aryl methyl sites for hydroxylation is 1. The Balaban J connectivity index is 1.17. The summed E-state index contributed by atoms with van der Waals surface area (Å²) in [7, 11) is 0. The third kappa shape index (κ3) is 5.37. The number of nitrogens with zero attached hydrogens (tertiary/aromatic N) is 4. The van der Waals surface area contributed by atoms with E-state index >= 15 is 0 Å². The lowest BCUT2D eigenvalue weighted by atomic mass is 9.91. The number of aromatic nitrogens is 2. The first-order valence-corrected chi connectivity index (χ1v) is 12.8. The number of rotatable bonds is 5. The van der Waals surface area contributed by atoms with E-state index in [0.717, 1.165) is 82.6 Å². The van der Waals surface area contributed by atoms with Crippen LogP contribution in [0.2, 0.25) is 0 Å². The highest BCUT2D eigenvalue weighted by Crippen LogP contribution is 2.27. The molecule has 3 aliphatic rings. The molecular formula is C27H36N4O2. The van der Waals surface area contributed by atoms with E-state index in [4.69, 9.17) is 4.98 Å². The molecule has 1 aromatic heterocycles. The van der Waals surface area contributed by atoms with Gasteiger partial charge in [0.05, 0.1) is 12.2 Å². The van der Waals surface area contributed by atoms with Gasteiger partial charge in [-0.15, -0.1) is 0 Å². The van der Waals surface area contributed by atoms with Crippen LogP contribution in [0.3, 0.4) is 0 Å². The second-order valence-corrected chi connectivity index (χ2v) is 10.2. The number of benzene rings is 1. The van der Waals surface area contributed by atoms with Gasteiger partial charge in [0.1, 0.15) is 5.82 Å². The van der Waals surface area contributed by atoms with Gasteiger partial charge in [0.25, 0.3) is 5.56 Å². The Labute approximate surface area is 196 Å². The van der Waals surface area contributed by atoms with Crippen molar-refractivity contribution >= 4 is 5.91 Å². The van der Waals surface area contributed by atoms with Crippen LogP contribution in [0.4, 0.5) is 0 Å². The van der Waals surface area contributed by atoms with E-state index in [-0.39, 0.29) is 17.4 Å². The van der Waals surface area contributed by atoms with Crippen LogP contribution in [-0.4, -0.2) is 58.0 Å². The van der Waals surface area contributed by atoms with E-state index in [0.29, 0.717) is 19.0 Å². The molecule has 0 spiro atoms. The zero-order valence-electron chi connectivity index (χ0n) is 19.6. The van der Waals surface area contributed by atoms with Crippen LogP contribution in [0.5, 0.6) is 0 Å². The van der Waals surface area contributed by atoms with Crippen LogP contribution in [-0.2, 0) is 24.2 Å². The molecule has 2 aromatic rings. The zero-order valence-corrected chi connectivity index (χ0v) is 19.6. The fourth-order valence-electron chi connectivity index (χ4n) is 5.87. The number of hydrogen-bond acceptors (Lipinski definition) is 4. The molecule has 0 N–H and O–H groups in total. The molecule has 6 heteroatoms. The highest BCUT2D eigenvalue weighted by molar-refractivity contribution is 5.78. The molecular weight excluding hydrogens is 412 g/mol. The maximum atomic E-state index is 13.1. The minimum atomic E-state index is 0.0828. The molecule has 0 radical (unpaired) electrons. The second-order valence-electron chi connectivity index (χ2n) is 10.2. The second kappa shape index (κ2) is 10.2. The molecule has 2 fully saturated rings. The van der Waals surface area contributed by atoms with Crippen molar-refractivity contribution in [1.29, 1.82) is 0 Å². The maximum Gasteiger partial charge on any atom is 0.253 e. The van der Waals surface area contributed by atoms with Gasteiger partial charge in [-0.1, -0.05) is 36.8 Å². The topological polar surface area (TPSA) is 58.4 Å². The summed E-state index contributed by atoms with van der Waals surface area (Å²) in [5, 5.41) is 0. The van der Waals surface area contributed by atoms with Crippen LogP contribution in [0.15, 0.2) is 41.2 Å². The number of fused-ring (bicyclic) bond motifs is 1.